The number of nitrogens with zero attached hydrogens (tertiary/aromatic N) is 2. The second-order valence-corrected chi connectivity index (χ2v) is 5.06. The summed E-state index contributed by atoms with van der Waals surface area (Å²) >= 11 is 0. The molecule has 6 nitrogen and oxygen atoms in total. The van der Waals surface area contributed by atoms with Crippen molar-refractivity contribution in [1.29, 1.82) is 5.41 Å². The third-order valence-electron chi connectivity index (χ3n) is 3.72. The van der Waals surface area contributed by atoms with Gasteiger partial charge in [0.25, 0.3) is 0 Å². The lowest BCUT2D eigenvalue weighted by Gasteiger charge is -2.20. The fourth-order valence-corrected chi connectivity index (χ4v) is 2.57. The van der Waals surface area contributed by atoms with E-state index in [1.165, 1.54) is 0 Å². The average molecular weight is 311 g/mol. The number of ether oxygens (including phenoxy) is 2. The van der Waals surface area contributed by atoms with Crippen LogP contribution in [-0.2, 0) is 0 Å². The number of hydrogen-bond acceptors (Lipinski definition) is 5. The van der Waals surface area contributed by atoms with Gasteiger partial charge in [0, 0.05) is 30.6 Å². The minimum absolute atomic E-state index is 0.156. The first-order chi connectivity index (χ1) is 11.1. The topological polar surface area (TPSA) is 78.7 Å². The van der Waals surface area contributed by atoms with Gasteiger partial charge in [-0.2, -0.15) is 0 Å². The minimum Gasteiger partial charge on any atom is -0.510 e. The molecule has 0 radical (unpaired) electrons. The zero-order chi connectivity index (χ0) is 16.4. The Morgan fingerprint density at radius 2 is 1.70 bits per heavy atom. The van der Waals surface area contributed by atoms with E-state index >= 15 is 0 Å². The molecule has 3 rings (SSSR count). The Kier molecular flexibility index (Phi) is 3.89. The fraction of sp³-hybridized carbons (Fsp3) is 0.176. The van der Waals surface area contributed by atoms with E-state index in [2.05, 4.69) is 4.98 Å². The quantitative estimate of drug-likeness (QED) is 0.907. The monoisotopic (exact) mass is 311 g/mol. The molecule has 118 valence electrons. The third kappa shape index (κ3) is 2.70. The largest absolute Gasteiger partial charge is 0.510 e. The summed E-state index contributed by atoms with van der Waals surface area (Å²) in [5, 5.41) is 18.7. The lowest BCUT2D eigenvalue weighted by Crippen LogP contribution is -2.26. The zero-order valence-electron chi connectivity index (χ0n) is 12.9. The van der Waals surface area contributed by atoms with Crippen molar-refractivity contribution in [3.05, 3.63) is 54.0 Å². The molecule has 0 saturated heterocycles. The Bertz CT molecular complexity index is 750. The van der Waals surface area contributed by atoms with Crippen molar-refractivity contribution in [3.8, 4) is 11.5 Å². The molecule has 1 aromatic heterocycles. The predicted octanol–water partition coefficient (Wildman–Crippen LogP) is 2.87. The van der Waals surface area contributed by atoms with E-state index in [-0.39, 0.29) is 18.1 Å². The Labute approximate surface area is 134 Å². The van der Waals surface area contributed by atoms with Crippen LogP contribution in [0.15, 0.2) is 48.5 Å². The highest BCUT2D eigenvalue weighted by molar-refractivity contribution is 6.30. The lowest BCUT2D eigenvalue weighted by atomic mass is 10.1. The van der Waals surface area contributed by atoms with Crippen molar-refractivity contribution in [2.75, 3.05) is 25.7 Å². The Balaban J connectivity index is 1.97. The van der Waals surface area contributed by atoms with Crippen molar-refractivity contribution in [3.63, 3.8) is 0 Å². The van der Waals surface area contributed by atoms with Gasteiger partial charge in [-0.15, -0.1) is 0 Å². The van der Waals surface area contributed by atoms with Gasteiger partial charge >= 0.3 is 0 Å². The third-order valence-corrected chi connectivity index (χ3v) is 3.72. The molecule has 0 atom stereocenters. The molecule has 0 spiro atoms. The van der Waals surface area contributed by atoms with Crippen LogP contribution >= 0.6 is 0 Å². The average Bonchev–Trinajstić information content (AvgIpc) is 2.89. The van der Waals surface area contributed by atoms with Crippen molar-refractivity contribution >= 4 is 17.1 Å². The van der Waals surface area contributed by atoms with E-state index in [9.17, 15) is 5.11 Å². The standard InChI is InChI=1S/C17H17N3O3/c1-22-13-7-12(8-14(9-13)23-2)20-10-15(21)16(17(20)18)11-3-5-19-6-4-11/h3-9,18,21H,10H2,1-2H3. The predicted molar refractivity (Wildman–Crippen MR) is 88.4 cm³/mol. The van der Waals surface area contributed by atoms with E-state index in [1.54, 1.807) is 61.8 Å². The number of anilines is 1. The summed E-state index contributed by atoms with van der Waals surface area (Å²) in [7, 11) is 3.15. The summed E-state index contributed by atoms with van der Waals surface area (Å²) in [5.74, 6) is 1.64. The van der Waals surface area contributed by atoms with Crippen molar-refractivity contribution in [2.24, 2.45) is 0 Å². The molecule has 0 saturated carbocycles. The zero-order valence-corrected chi connectivity index (χ0v) is 12.9. The number of amidine groups is 1. The number of aliphatic hydroxyl groups excluding tert-OH is 1. The van der Waals surface area contributed by atoms with Crippen LogP contribution in [0.4, 0.5) is 5.69 Å². The molecule has 0 unspecified atom stereocenters. The second-order valence-electron chi connectivity index (χ2n) is 5.06. The van der Waals surface area contributed by atoms with Crippen LogP contribution in [0.2, 0.25) is 0 Å². The molecule has 0 aliphatic carbocycles. The summed E-state index contributed by atoms with van der Waals surface area (Å²) in [6, 6.07) is 8.92. The van der Waals surface area contributed by atoms with Crippen LogP contribution in [0.25, 0.3) is 5.57 Å². The van der Waals surface area contributed by atoms with Crippen molar-refractivity contribution in [2.45, 2.75) is 0 Å². The first-order valence-electron chi connectivity index (χ1n) is 7.06. The van der Waals surface area contributed by atoms with Gasteiger partial charge in [0.2, 0.25) is 0 Å². The number of aliphatic hydroxyl groups is 1. The highest BCUT2D eigenvalue weighted by Crippen LogP contribution is 2.34. The molecule has 2 heterocycles. The molecule has 0 bridgehead atoms. The maximum absolute atomic E-state index is 10.3. The molecular formula is C17H17N3O3. The maximum Gasteiger partial charge on any atom is 0.137 e. The Morgan fingerprint density at radius 3 is 2.26 bits per heavy atom. The number of hydrogen-bond donors (Lipinski definition) is 2. The van der Waals surface area contributed by atoms with Gasteiger partial charge in [0.05, 0.1) is 32.0 Å². The van der Waals surface area contributed by atoms with Crippen molar-refractivity contribution in [1.82, 2.24) is 4.98 Å². The van der Waals surface area contributed by atoms with E-state index in [1.807, 2.05) is 0 Å². The molecule has 0 fully saturated rings. The van der Waals surface area contributed by atoms with Crippen LogP contribution in [0.5, 0.6) is 11.5 Å². The van der Waals surface area contributed by atoms with Crippen LogP contribution in [-0.4, -0.2) is 36.7 Å². The first kappa shape index (κ1) is 14.9. The molecule has 1 aliphatic rings. The smallest absolute Gasteiger partial charge is 0.137 e. The van der Waals surface area contributed by atoms with Crippen LogP contribution in [0, 0.1) is 5.41 Å². The normalized spacial score (nSPS) is 14.3. The van der Waals surface area contributed by atoms with Crippen LogP contribution in [0.1, 0.15) is 5.56 Å². The maximum atomic E-state index is 10.3. The van der Waals surface area contributed by atoms with Crippen molar-refractivity contribution < 1.29 is 14.6 Å². The van der Waals surface area contributed by atoms with Gasteiger partial charge in [0.15, 0.2) is 0 Å². The number of rotatable bonds is 4. The van der Waals surface area contributed by atoms with Gasteiger partial charge in [-0.25, -0.2) is 0 Å². The van der Waals surface area contributed by atoms with E-state index < -0.39 is 0 Å². The minimum atomic E-state index is 0.156. The van der Waals surface area contributed by atoms with E-state index in [0.29, 0.717) is 17.1 Å². The molecule has 1 aliphatic heterocycles. The van der Waals surface area contributed by atoms with Gasteiger partial charge in [0.1, 0.15) is 23.1 Å². The van der Waals surface area contributed by atoms with Gasteiger partial charge in [-0.3, -0.25) is 10.4 Å². The van der Waals surface area contributed by atoms with Crippen LogP contribution in [0.3, 0.4) is 0 Å². The first-order valence-corrected chi connectivity index (χ1v) is 7.06. The number of benzene rings is 1. The summed E-state index contributed by atoms with van der Waals surface area (Å²) in [4.78, 5) is 5.67. The molecular weight excluding hydrogens is 294 g/mol. The molecule has 6 heteroatoms. The van der Waals surface area contributed by atoms with Gasteiger partial charge in [-0.05, 0) is 17.7 Å². The SMILES string of the molecule is COc1cc(OC)cc(N2CC(O)=C(c3ccncc3)C2=N)c1. The number of nitrogens with one attached hydrogen (secondary N) is 1. The molecule has 23 heavy (non-hydrogen) atoms. The highest BCUT2D eigenvalue weighted by atomic mass is 16.5. The Morgan fingerprint density at radius 1 is 1.09 bits per heavy atom. The van der Waals surface area contributed by atoms with E-state index in [0.717, 1.165) is 11.3 Å². The van der Waals surface area contributed by atoms with Gasteiger partial charge in [-0.1, -0.05) is 0 Å². The highest BCUT2D eigenvalue weighted by Gasteiger charge is 2.29. The molecule has 2 N–H and O–H groups in total. The fourth-order valence-electron chi connectivity index (χ4n) is 2.57. The number of methoxy groups -OCH3 is 2. The summed E-state index contributed by atoms with van der Waals surface area (Å²) < 4.78 is 10.5. The molecule has 1 aromatic carbocycles. The lowest BCUT2D eigenvalue weighted by molar-refractivity contribution is 0.394. The van der Waals surface area contributed by atoms with Gasteiger partial charge < -0.3 is 19.5 Å². The number of pyridine rings is 1. The summed E-state index contributed by atoms with van der Waals surface area (Å²) in [6.45, 7) is 0.229. The second kappa shape index (κ2) is 6.00. The summed E-state index contributed by atoms with van der Waals surface area (Å²) in [6.07, 6.45) is 3.28. The Hall–Kier alpha value is -3.02. The van der Waals surface area contributed by atoms with E-state index in [4.69, 9.17) is 14.9 Å². The summed E-state index contributed by atoms with van der Waals surface area (Å²) in [5.41, 5.74) is 2.00. The van der Waals surface area contributed by atoms with Crippen LogP contribution < -0.4 is 14.4 Å². The number of aromatic nitrogens is 1. The molecule has 0 amide bonds. The molecule has 2 aromatic rings.